The van der Waals surface area contributed by atoms with Gasteiger partial charge in [0.1, 0.15) is 10.1 Å². The molecule has 140 valence electrons. The predicted octanol–water partition coefficient (Wildman–Crippen LogP) is -4.71. The predicted molar refractivity (Wildman–Crippen MR) is 89.8 cm³/mol. The van der Waals surface area contributed by atoms with Gasteiger partial charge in [-0.1, -0.05) is 18.2 Å². The third kappa shape index (κ3) is 6.43. The smallest absolute Gasteiger partial charge is 0.744 e. The van der Waals surface area contributed by atoms with E-state index in [1.807, 2.05) is 0 Å². The normalized spacial score (nSPS) is 11.1. The number of nitrogens with one attached hydrogen (secondary N) is 1. The van der Waals surface area contributed by atoms with Crippen LogP contribution < -0.4 is 69.9 Å². The van der Waals surface area contributed by atoms with Crippen molar-refractivity contribution in [1.29, 1.82) is 0 Å². The van der Waals surface area contributed by atoms with Gasteiger partial charge in [0.05, 0.1) is 28.6 Å². The van der Waals surface area contributed by atoms with E-state index in [1.165, 1.54) is 12.1 Å². The first-order valence-electron chi connectivity index (χ1n) is 7.52. The maximum atomic E-state index is 12.6. The van der Waals surface area contributed by atoms with E-state index in [9.17, 15) is 23.0 Å². The molecule has 1 N–H and O–H groups in total. The van der Waals surface area contributed by atoms with Gasteiger partial charge < -0.3 is 14.7 Å². The molecule has 0 spiro atoms. The summed E-state index contributed by atoms with van der Waals surface area (Å²) < 4.78 is 34.0. The molecule has 0 saturated heterocycles. The first-order chi connectivity index (χ1) is 12.9. The Labute approximate surface area is 209 Å². The number of azo groups is 1. The molecule has 0 aliphatic carbocycles. The second kappa shape index (κ2) is 11.3. The summed E-state index contributed by atoms with van der Waals surface area (Å²) in [5, 5.41) is 21.0. The Kier molecular flexibility index (Phi) is 10.1. The van der Waals surface area contributed by atoms with E-state index in [1.54, 1.807) is 30.3 Å². The fourth-order valence-corrected chi connectivity index (χ4v) is 2.75. The van der Waals surface area contributed by atoms with E-state index in [0.717, 1.165) is 16.8 Å². The van der Waals surface area contributed by atoms with Crippen molar-refractivity contribution in [3.63, 3.8) is 0 Å². The van der Waals surface area contributed by atoms with Crippen LogP contribution in [0.25, 0.3) is 5.69 Å². The summed E-state index contributed by atoms with van der Waals surface area (Å²) >= 11 is 0. The van der Waals surface area contributed by atoms with Crippen LogP contribution in [0.5, 0.6) is 0 Å². The molecule has 3 aromatic rings. The molecule has 0 radical (unpaired) electrons. The molecule has 3 rings (SSSR count). The molecule has 13 heteroatoms. The monoisotopic (exact) mass is 434 g/mol. The molecular weight excluding hydrogens is 422 g/mol. The molecule has 1 aromatic heterocycles. The van der Waals surface area contributed by atoms with Crippen molar-refractivity contribution in [3.05, 3.63) is 70.6 Å². The van der Waals surface area contributed by atoms with E-state index in [0.29, 0.717) is 5.69 Å². The van der Waals surface area contributed by atoms with Crippen LogP contribution in [0.3, 0.4) is 0 Å². The maximum absolute atomic E-state index is 12.6. The van der Waals surface area contributed by atoms with Gasteiger partial charge in [-0.25, -0.2) is 13.1 Å². The summed E-state index contributed by atoms with van der Waals surface area (Å²) in [6.07, 6.45) is 0. The SMILES string of the molecule is O=c1c(N=Nc2ccccc2)c(CO[O-])[nH]n1-c1ccc(S(=O)(=O)[O-])cc1.[Na+].[Na+]. The van der Waals surface area contributed by atoms with Crippen LogP contribution in [-0.2, 0) is 21.6 Å². The Hall–Kier alpha value is -1.12. The minimum Gasteiger partial charge on any atom is -0.744 e. The van der Waals surface area contributed by atoms with Crippen LogP contribution in [0.1, 0.15) is 5.69 Å². The Morgan fingerprint density at radius 1 is 1.00 bits per heavy atom. The van der Waals surface area contributed by atoms with E-state index < -0.39 is 27.2 Å². The molecule has 0 bridgehead atoms. The number of rotatable bonds is 6. The Morgan fingerprint density at radius 3 is 2.17 bits per heavy atom. The Morgan fingerprint density at radius 2 is 1.62 bits per heavy atom. The molecule has 0 saturated carbocycles. The zero-order valence-corrected chi connectivity index (χ0v) is 20.4. The van der Waals surface area contributed by atoms with Crippen LogP contribution in [0.4, 0.5) is 11.4 Å². The molecule has 0 atom stereocenters. The van der Waals surface area contributed by atoms with Crippen molar-refractivity contribution in [1.82, 2.24) is 9.78 Å². The first kappa shape index (κ1) is 25.9. The van der Waals surface area contributed by atoms with Crippen molar-refractivity contribution in [2.75, 3.05) is 0 Å². The molecule has 0 unspecified atom stereocenters. The topological polar surface area (TPSA) is 152 Å². The Bertz CT molecular complexity index is 1130. The zero-order valence-electron chi connectivity index (χ0n) is 15.6. The average molecular weight is 434 g/mol. The fourth-order valence-electron chi connectivity index (χ4n) is 2.28. The van der Waals surface area contributed by atoms with Crippen LogP contribution in [-0.4, -0.2) is 22.8 Å². The Balaban J connectivity index is 0.00000210. The summed E-state index contributed by atoms with van der Waals surface area (Å²) in [6.45, 7) is -0.460. The van der Waals surface area contributed by atoms with Crippen LogP contribution in [0.2, 0.25) is 0 Å². The quantitative estimate of drug-likeness (QED) is 0.135. The van der Waals surface area contributed by atoms with Gasteiger partial charge in [0, 0.05) is 0 Å². The van der Waals surface area contributed by atoms with E-state index >= 15 is 0 Å². The van der Waals surface area contributed by atoms with Crippen molar-refractivity contribution in [3.8, 4) is 5.69 Å². The van der Waals surface area contributed by atoms with Gasteiger partial charge >= 0.3 is 59.1 Å². The second-order valence-electron chi connectivity index (χ2n) is 5.33. The third-order valence-electron chi connectivity index (χ3n) is 3.55. The first-order valence-corrected chi connectivity index (χ1v) is 8.93. The molecule has 10 nitrogen and oxygen atoms in total. The number of aromatic nitrogens is 2. The van der Waals surface area contributed by atoms with Gasteiger partial charge in [-0.2, -0.15) is 5.11 Å². The number of hydrogen-bond acceptors (Lipinski definition) is 8. The third-order valence-corrected chi connectivity index (χ3v) is 4.40. The van der Waals surface area contributed by atoms with Crippen molar-refractivity contribution >= 4 is 21.5 Å². The minimum atomic E-state index is -4.61. The number of nitrogens with zero attached hydrogens (tertiary/aromatic N) is 3. The molecule has 29 heavy (non-hydrogen) atoms. The minimum absolute atomic E-state index is 0. The van der Waals surface area contributed by atoms with Gasteiger partial charge in [0.15, 0.2) is 5.69 Å². The number of H-pyrrole nitrogens is 1. The number of benzene rings is 2. The van der Waals surface area contributed by atoms with Crippen molar-refractivity contribution in [2.45, 2.75) is 11.5 Å². The van der Waals surface area contributed by atoms with Gasteiger partial charge in [0.25, 0.3) is 5.56 Å². The second-order valence-corrected chi connectivity index (χ2v) is 6.70. The number of hydrogen-bond donors (Lipinski definition) is 1. The van der Waals surface area contributed by atoms with Crippen LogP contribution in [0, 0.1) is 0 Å². The van der Waals surface area contributed by atoms with Gasteiger partial charge in [0.2, 0.25) is 0 Å². The van der Waals surface area contributed by atoms with Gasteiger partial charge in [-0.15, -0.1) is 5.11 Å². The maximum Gasteiger partial charge on any atom is 1.00 e. The molecule has 0 aliphatic rings. The summed E-state index contributed by atoms with van der Waals surface area (Å²) in [4.78, 5) is 16.0. The molecule has 0 aliphatic heterocycles. The van der Waals surface area contributed by atoms with Crippen molar-refractivity contribution in [2.24, 2.45) is 10.2 Å². The summed E-state index contributed by atoms with van der Waals surface area (Å²) in [5.41, 5.74) is 0.0780. The van der Waals surface area contributed by atoms with Crippen LogP contribution in [0.15, 0.2) is 74.5 Å². The molecule has 1 heterocycles. The largest absolute Gasteiger partial charge is 1.00 e. The summed E-state index contributed by atoms with van der Waals surface area (Å²) in [5.74, 6) is 0. The van der Waals surface area contributed by atoms with E-state index in [2.05, 4.69) is 20.2 Å². The van der Waals surface area contributed by atoms with Gasteiger partial charge in [-0.3, -0.25) is 9.89 Å². The standard InChI is InChI=1S/C16H14N4O6S.2Na/c21-16-15(18-17-11-4-2-1-3-5-11)14(10-26-22)19-20(16)12-6-8-13(9-7-12)27(23,24)25;;/h1-9,19,22H,10H2,(H,23,24,25);;/q;2*+1/p-2. The molecular formula is C16H12N4Na2O6S. The van der Waals surface area contributed by atoms with E-state index in [-0.39, 0.29) is 76.2 Å². The van der Waals surface area contributed by atoms with Crippen LogP contribution >= 0.6 is 0 Å². The summed E-state index contributed by atoms with van der Waals surface area (Å²) in [6, 6.07) is 13.3. The van der Waals surface area contributed by atoms with E-state index in [4.69, 9.17) is 0 Å². The van der Waals surface area contributed by atoms with Crippen molar-refractivity contribution < 1.29 is 82.2 Å². The molecule has 0 fully saturated rings. The average Bonchev–Trinajstić information content (AvgIpc) is 2.96. The molecule has 0 amide bonds. The number of aromatic amines is 1. The van der Waals surface area contributed by atoms with Gasteiger partial charge in [-0.05, 0) is 36.4 Å². The summed E-state index contributed by atoms with van der Waals surface area (Å²) in [7, 11) is -4.61. The zero-order chi connectivity index (χ0) is 19.4. The molecule has 2 aromatic carbocycles. The fraction of sp³-hybridized carbons (Fsp3) is 0.0625.